The maximum Gasteiger partial charge on any atom is 0.338 e. The lowest BCUT2D eigenvalue weighted by molar-refractivity contribution is 0.0535. The first-order chi connectivity index (χ1) is 14.5. The van der Waals surface area contributed by atoms with Crippen LogP contribution in [0.15, 0.2) is 60.7 Å². The molecule has 0 saturated carbocycles. The molecule has 30 heavy (non-hydrogen) atoms. The van der Waals surface area contributed by atoms with Gasteiger partial charge in [0.15, 0.2) is 0 Å². The van der Waals surface area contributed by atoms with Gasteiger partial charge in [0.2, 0.25) is 0 Å². The molecule has 7 heteroatoms. The van der Waals surface area contributed by atoms with E-state index >= 15 is 0 Å². The maximum atomic E-state index is 13.3. The molecule has 1 aliphatic heterocycles. The molecule has 0 bridgehead atoms. The van der Waals surface area contributed by atoms with Crippen molar-refractivity contribution in [3.63, 3.8) is 0 Å². The number of halogens is 1. The minimum absolute atomic E-state index is 0.256. The van der Waals surface area contributed by atoms with Gasteiger partial charge in [-0.05, 0) is 61.5 Å². The molecule has 0 atom stereocenters. The summed E-state index contributed by atoms with van der Waals surface area (Å²) in [7, 11) is 0. The van der Waals surface area contributed by atoms with E-state index < -0.39 is 0 Å². The quantitative estimate of drug-likeness (QED) is 0.517. The Morgan fingerprint density at radius 2 is 1.90 bits per heavy atom. The van der Waals surface area contributed by atoms with E-state index in [-0.39, 0.29) is 24.3 Å². The first-order valence-electron chi connectivity index (χ1n) is 9.36. The van der Waals surface area contributed by atoms with Gasteiger partial charge in [-0.3, -0.25) is 9.36 Å². The normalized spacial score (nSPS) is 12.7. The summed E-state index contributed by atoms with van der Waals surface area (Å²) in [5.74, 6) is -0.292. The van der Waals surface area contributed by atoms with Gasteiger partial charge in [0, 0.05) is 22.5 Å². The van der Waals surface area contributed by atoms with E-state index in [9.17, 15) is 14.0 Å². The number of carbonyl (C=O) groups is 2. The highest BCUT2D eigenvalue weighted by Gasteiger charge is 2.21. The molecule has 5 rings (SSSR count). The largest absolute Gasteiger partial charge is 0.457 e. The zero-order valence-electron chi connectivity index (χ0n) is 16.0. The van der Waals surface area contributed by atoms with Crippen LogP contribution in [-0.2, 0) is 11.3 Å². The van der Waals surface area contributed by atoms with Gasteiger partial charge in [-0.25, -0.2) is 14.2 Å². The molecule has 0 saturated heterocycles. The number of cyclic esters (lactones) is 1. The monoisotopic (exact) mass is 401 g/mol. The van der Waals surface area contributed by atoms with Crippen molar-refractivity contribution in [2.75, 3.05) is 5.32 Å². The maximum absolute atomic E-state index is 13.3. The van der Waals surface area contributed by atoms with Gasteiger partial charge in [0.05, 0.1) is 16.6 Å². The molecule has 6 nitrogen and oxygen atoms in total. The van der Waals surface area contributed by atoms with E-state index in [1.54, 1.807) is 48.5 Å². The molecule has 0 fully saturated rings. The molecule has 0 spiro atoms. The zero-order chi connectivity index (χ0) is 20.8. The summed E-state index contributed by atoms with van der Waals surface area (Å²) in [6.45, 7) is 2.11. The second-order valence-electron chi connectivity index (χ2n) is 7.08. The molecule has 1 N–H and O–H groups in total. The smallest absolute Gasteiger partial charge is 0.338 e. The highest BCUT2D eigenvalue weighted by atomic mass is 19.1. The molecular weight excluding hydrogens is 385 g/mol. The Bertz CT molecular complexity index is 1330. The minimum Gasteiger partial charge on any atom is -0.457 e. The van der Waals surface area contributed by atoms with Gasteiger partial charge < -0.3 is 10.1 Å². The second-order valence-corrected chi connectivity index (χ2v) is 7.08. The van der Waals surface area contributed by atoms with Crippen molar-refractivity contribution < 1.29 is 18.7 Å². The predicted molar refractivity (Wildman–Crippen MR) is 109 cm³/mol. The predicted octanol–water partition coefficient (Wildman–Crippen LogP) is 4.40. The van der Waals surface area contributed by atoms with Crippen LogP contribution in [0.4, 0.5) is 10.1 Å². The van der Waals surface area contributed by atoms with Crippen LogP contribution >= 0.6 is 0 Å². The average molecular weight is 401 g/mol. The van der Waals surface area contributed by atoms with Gasteiger partial charge in [0.1, 0.15) is 18.2 Å². The number of ether oxygens (including phenoxy) is 1. The number of nitrogens with zero attached hydrogens (tertiary/aromatic N) is 2. The van der Waals surface area contributed by atoms with Crippen LogP contribution in [0.3, 0.4) is 0 Å². The Labute approximate surface area is 170 Å². The summed E-state index contributed by atoms with van der Waals surface area (Å²) >= 11 is 0. The van der Waals surface area contributed by atoms with Crippen molar-refractivity contribution in [3.05, 3.63) is 89.0 Å². The van der Waals surface area contributed by atoms with E-state index in [1.165, 1.54) is 12.1 Å². The number of rotatable bonds is 3. The summed E-state index contributed by atoms with van der Waals surface area (Å²) in [5.41, 5.74) is 4.45. The zero-order valence-corrected chi connectivity index (χ0v) is 16.0. The number of aromatic nitrogens is 2. The number of fused-ring (bicyclic) bond motifs is 2. The van der Waals surface area contributed by atoms with Crippen molar-refractivity contribution in [3.8, 4) is 5.69 Å². The van der Waals surface area contributed by atoms with E-state index in [1.807, 2.05) is 11.5 Å². The Kier molecular flexibility index (Phi) is 4.10. The number of anilines is 1. The van der Waals surface area contributed by atoms with Gasteiger partial charge in [-0.15, -0.1) is 0 Å². The lowest BCUT2D eigenvalue weighted by Crippen LogP contribution is -2.12. The molecule has 3 aromatic carbocycles. The van der Waals surface area contributed by atoms with Gasteiger partial charge in [0.25, 0.3) is 5.91 Å². The summed E-state index contributed by atoms with van der Waals surface area (Å²) in [6.07, 6.45) is 0. The summed E-state index contributed by atoms with van der Waals surface area (Å²) < 4.78 is 20.2. The lowest BCUT2D eigenvalue weighted by Gasteiger charge is -2.09. The number of hydrogen-bond donors (Lipinski definition) is 1. The van der Waals surface area contributed by atoms with Crippen LogP contribution in [0.5, 0.6) is 0 Å². The molecule has 1 amide bonds. The minimum atomic E-state index is -0.388. The van der Waals surface area contributed by atoms with Crippen LogP contribution in [0.1, 0.15) is 32.1 Å². The molecule has 0 radical (unpaired) electrons. The third-order valence-corrected chi connectivity index (χ3v) is 5.12. The first-order valence-corrected chi connectivity index (χ1v) is 9.36. The van der Waals surface area contributed by atoms with Crippen LogP contribution in [0.2, 0.25) is 0 Å². The third-order valence-electron chi connectivity index (χ3n) is 5.12. The van der Waals surface area contributed by atoms with Crippen molar-refractivity contribution in [1.82, 2.24) is 9.55 Å². The van der Waals surface area contributed by atoms with Crippen LogP contribution in [0.25, 0.3) is 16.7 Å². The third kappa shape index (κ3) is 3.00. The molecule has 148 valence electrons. The van der Waals surface area contributed by atoms with Crippen molar-refractivity contribution in [1.29, 1.82) is 0 Å². The topological polar surface area (TPSA) is 73.2 Å². The molecule has 2 heterocycles. The van der Waals surface area contributed by atoms with Gasteiger partial charge in [-0.1, -0.05) is 6.07 Å². The molecule has 4 aromatic rings. The van der Waals surface area contributed by atoms with Crippen molar-refractivity contribution >= 4 is 28.6 Å². The van der Waals surface area contributed by atoms with E-state index in [4.69, 9.17) is 4.74 Å². The molecule has 0 aliphatic carbocycles. The van der Waals surface area contributed by atoms with E-state index in [2.05, 4.69) is 10.3 Å². The number of imidazole rings is 1. The fourth-order valence-electron chi connectivity index (χ4n) is 3.65. The number of aryl methyl sites for hydroxylation is 1. The van der Waals surface area contributed by atoms with Crippen molar-refractivity contribution in [2.24, 2.45) is 0 Å². The Hall–Kier alpha value is -4.00. The molecule has 1 aliphatic rings. The lowest BCUT2D eigenvalue weighted by atomic mass is 10.1. The number of benzene rings is 3. The second kappa shape index (κ2) is 6.81. The highest BCUT2D eigenvalue weighted by molar-refractivity contribution is 6.06. The highest BCUT2D eigenvalue weighted by Crippen LogP contribution is 2.25. The van der Waals surface area contributed by atoms with Gasteiger partial charge >= 0.3 is 5.97 Å². The van der Waals surface area contributed by atoms with E-state index in [0.29, 0.717) is 16.8 Å². The summed E-state index contributed by atoms with van der Waals surface area (Å²) in [6, 6.07) is 16.4. The number of carbonyl (C=O) groups excluding carboxylic acids is 2. The first kappa shape index (κ1) is 18.1. The average Bonchev–Trinajstić information content (AvgIpc) is 3.27. The summed E-state index contributed by atoms with van der Waals surface area (Å²) in [5, 5.41) is 2.82. The Morgan fingerprint density at radius 1 is 1.10 bits per heavy atom. The fraction of sp³-hybridized carbons (Fsp3) is 0.0870. The van der Waals surface area contributed by atoms with Gasteiger partial charge in [-0.2, -0.15) is 0 Å². The van der Waals surface area contributed by atoms with E-state index in [0.717, 1.165) is 28.1 Å². The number of hydrogen-bond acceptors (Lipinski definition) is 4. The molecular formula is C23H16FN3O3. The molecule has 0 unspecified atom stereocenters. The molecule has 1 aromatic heterocycles. The Morgan fingerprint density at radius 3 is 2.70 bits per heavy atom. The standard InChI is InChI=1S/C23H16FN3O3/c1-13-25-20-9-3-14(10-21(20)27(13)18-7-4-16(24)5-8-18)22(28)26-17-6-2-15-12-30-23(29)19(15)11-17/h2-11H,12H2,1H3,(H,26,28). The number of amides is 1. The summed E-state index contributed by atoms with van der Waals surface area (Å²) in [4.78, 5) is 29.1. The van der Waals surface area contributed by atoms with Crippen LogP contribution < -0.4 is 5.32 Å². The Balaban J connectivity index is 1.50. The van der Waals surface area contributed by atoms with Crippen LogP contribution in [0, 0.1) is 12.7 Å². The number of esters is 1. The number of nitrogens with one attached hydrogen (secondary N) is 1. The van der Waals surface area contributed by atoms with Crippen LogP contribution in [-0.4, -0.2) is 21.4 Å². The van der Waals surface area contributed by atoms with Crippen molar-refractivity contribution in [2.45, 2.75) is 13.5 Å². The SMILES string of the molecule is Cc1nc2ccc(C(=O)Nc3ccc4c(c3)C(=O)OC4)cc2n1-c1ccc(F)cc1. The fourth-order valence-corrected chi connectivity index (χ4v) is 3.65.